The van der Waals surface area contributed by atoms with E-state index in [0.717, 1.165) is 20.8 Å². The highest BCUT2D eigenvalue weighted by atomic mass is 79.9. The van der Waals surface area contributed by atoms with Crippen molar-refractivity contribution in [2.45, 2.75) is 44.7 Å². The molecule has 2 amide bonds. The number of nitrogens with one attached hydrogen (secondary N) is 1. The third-order valence-electron chi connectivity index (χ3n) is 6.02. The number of nitrogens with zero attached hydrogens (tertiary/aromatic N) is 2. The van der Waals surface area contributed by atoms with E-state index in [2.05, 4.69) is 21.2 Å². The topological polar surface area (TPSA) is 86.8 Å². The van der Waals surface area contributed by atoms with Gasteiger partial charge in [0.2, 0.25) is 11.8 Å². The number of amides is 2. The lowest BCUT2D eigenvalue weighted by molar-refractivity contribution is -0.139. The van der Waals surface area contributed by atoms with Crippen LogP contribution >= 0.6 is 27.5 Å². The summed E-state index contributed by atoms with van der Waals surface area (Å²) in [6, 6.07) is 19.3. The molecule has 1 atom stereocenters. The fourth-order valence-corrected chi connectivity index (χ4v) is 5.89. The Labute approximate surface area is 238 Å². The summed E-state index contributed by atoms with van der Waals surface area (Å²) in [5.74, 6) is -0.821. The molecule has 0 aliphatic heterocycles. The number of rotatable bonds is 11. The number of carbonyl (C=O) groups excluding carboxylic acids is 2. The fraction of sp³-hybridized carbons (Fsp3) is 0.286. The molecule has 0 aliphatic carbocycles. The molecule has 0 bridgehead atoms. The Bertz CT molecular complexity index is 1370. The monoisotopic (exact) mass is 619 g/mol. The van der Waals surface area contributed by atoms with Gasteiger partial charge in [0, 0.05) is 22.6 Å². The Morgan fingerprint density at radius 1 is 1.03 bits per heavy atom. The van der Waals surface area contributed by atoms with Crippen LogP contribution in [-0.4, -0.2) is 44.3 Å². The highest BCUT2D eigenvalue weighted by Crippen LogP contribution is 2.29. The van der Waals surface area contributed by atoms with Gasteiger partial charge in [0.25, 0.3) is 10.0 Å². The van der Waals surface area contributed by atoms with Crippen molar-refractivity contribution in [1.82, 2.24) is 10.2 Å². The van der Waals surface area contributed by atoms with Crippen LogP contribution in [0.15, 0.2) is 82.2 Å². The predicted molar refractivity (Wildman–Crippen MR) is 155 cm³/mol. The van der Waals surface area contributed by atoms with E-state index in [0.29, 0.717) is 22.8 Å². The summed E-state index contributed by atoms with van der Waals surface area (Å²) >= 11 is 9.55. The van der Waals surface area contributed by atoms with Crippen molar-refractivity contribution < 1.29 is 18.0 Å². The van der Waals surface area contributed by atoms with E-state index in [-0.39, 0.29) is 17.3 Å². The molecule has 0 radical (unpaired) electrons. The molecular weight excluding hydrogens is 590 g/mol. The van der Waals surface area contributed by atoms with Gasteiger partial charge in [0.05, 0.1) is 10.6 Å². The summed E-state index contributed by atoms with van der Waals surface area (Å²) < 4.78 is 29.6. The molecule has 0 saturated heterocycles. The van der Waals surface area contributed by atoms with Crippen LogP contribution in [0, 0.1) is 6.92 Å². The van der Waals surface area contributed by atoms with E-state index in [1.807, 2.05) is 31.2 Å². The van der Waals surface area contributed by atoms with E-state index < -0.39 is 28.5 Å². The third kappa shape index (κ3) is 7.36. The number of halogens is 2. The van der Waals surface area contributed by atoms with E-state index >= 15 is 0 Å². The van der Waals surface area contributed by atoms with Crippen LogP contribution in [0.1, 0.15) is 31.4 Å². The predicted octanol–water partition coefficient (Wildman–Crippen LogP) is 5.55. The molecule has 0 spiro atoms. The van der Waals surface area contributed by atoms with Crippen LogP contribution in [0.5, 0.6) is 0 Å². The molecule has 0 fully saturated rings. The largest absolute Gasteiger partial charge is 0.354 e. The normalized spacial score (nSPS) is 12.0. The van der Waals surface area contributed by atoms with Crippen molar-refractivity contribution in [2.75, 3.05) is 17.4 Å². The Balaban J connectivity index is 2.03. The number of anilines is 1. The third-order valence-corrected chi connectivity index (χ3v) is 8.56. The average molecular weight is 621 g/mol. The molecule has 3 rings (SSSR count). The summed E-state index contributed by atoms with van der Waals surface area (Å²) in [4.78, 5) is 28.2. The Morgan fingerprint density at radius 3 is 2.29 bits per heavy atom. The minimum Gasteiger partial charge on any atom is -0.354 e. The van der Waals surface area contributed by atoms with Gasteiger partial charge in [-0.3, -0.25) is 13.9 Å². The van der Waals surface area contributed by atoms with Crippen LogP contribution in [0.4, 0.5) is 5.69 Å². The van der Waals surface area contributed by atoms with Gasteiger partial charge < -0.3 is 10.2 Å². The standard InChI is InChI=1S/C28H31BrClN3O4S/c1-4-16-31-28(35)21(3)32(18-22-10-12-23(29)13-11-22)27(34)19-33(26-15-14-24(30)17-20(26)2)38(36,37)25-8-6-5-7-9-25/h5-15,17,21H,4,16,18-19H2,1-3H3,(H,31,35)/t21-/m0/s1. The van der Waals surface area contributed by atoms with E-state index in [1.54, 1.807) is 50.2 Å². The fourth-order valence-electron chi connectivity index (χ4n) is 3.90. The van der Waals surface area contributed by atoms with Gasteiger partial charge in [-0.1, -0.05) is 64.8 Å². The van der Waals surface area contributed by atoms with Crippen LogP contribution in [0.2, 0.25) is 5.02 Å². The van der Waals surface area contributed by atoms with Gasteiger partial charge in [-0.25, -0.2) is 8.42 Å². The average Bonchev–Trinajstić information content (AvgIpc) is 2.90. The molecule has 0 unspecified atom stereocenters. The van der Waals surface area contributed by atoms with Gasteiger partial charge in [0.15, 0.2) is 0 Å². The molecule has 3 aromatic carbocycles. The minimum absolute atomic E-state index is 0.0512. The summed E-state index contributed by atoms with van der Waals surface area (Å²) in [6.07, 6.45) is 0.748. The lowest BCUT2D eigenvalue weighted by Crippen LogP contribution is -2.51. The Hall–Kier alpha value is -2.88. The summed E-state index contributed by atoms with van der Waals surface area (Å²) in [6.45, 7) is 5.43. The highest BCUT2D eigenvalue weighted by molar-refractivity contribution is 9.10. The summed E-state index contributed by atoms with van der Waals surface area (Å²) in [5, 5.41) is 3.28. The number of hydrogen-bond acceptors (Lipinski definition) is 4. The lowest BCUT2D eigenvalue weighted by atomic mass is 10.1. The van der Waals surface area contributed by atoms with Gasteiger partial charge in [-0.2, -0.15) is 0 Å². The molecule has 3 aromatic rings. The molecule has 0 aromatic heterocycles. The van der Waals surface area contributed by atoms with Gasteiger partial charge in [0.1, 0.15) is 12.6 Å². The zero-order valence-electron chi connectivity index (χ0n) is 21.5. The summed E-state index contributed by atoms with van der Waals surface area (Å²) in [7, 11) is -4.12. The SMILES string of the molecule is CCCNC(=O)[C@H](C)N(Cc1ccc(Br)cc1)C(=O)CN(c1ccc(Cl)cc1C)S(=O)(=O)c1ccccc1. The van der Waals surface area contributed by atoms with Crippen molar-refractivity contribution in [1.29, 1.82) is 0 Å². The second-order valence-electron chi connectivity index (χ2n) is 8.87. The first-order valence-corrected chi connectivity index (χ1v) is 14.8. The van der Waals surface area contributed by atoms with Crippen molar-refractivity contribution in [3.63, 3.8) is 0 Å². The van der Waals surface area contributed by atoms with Crippen molar-refractivity contribution >= 4 is 55.1 Å². The zero-order chi connectivity index (χ0) is 27.9. The second kappa shape index (κ2) is 13.3. The first kappa shape index (κ1) is 29.7. The van der Waals surface area contributed by atoms with Crippen LogP contribution in [0.3, 0.4) is 0 Å². The first-order chi connectivity index (χ1) is 18.0. The molecule has 1 N–H and O–H groups in total. The van der Waals surface area contributed by atoms with Crippen LogP contribution in [0.25, 0.3) is 0 Å². The number of carbonyl (C=O) groups is 2. The molecule has 0 heterocycles. The first-order valence-electron chi connectivity index (χ1n) is 12.2. The van der Waals surface area contributed by atoms with Crippen LogP contribution in [-0.2, 0) is 26.2 Å². The quantitative estimate of drug-likeness (QED) is 0.305. The molecule has 202 valence electrons. The number of benzene rings is 3. The lowest BCUT2D eigenvalue weighted by Gasteiger charge is -2.32. The molecular formula is C28H31BrClN3O4S. The molecule has 7 nitrogen and oxygen atoms in total. The van der Waals surface area contributed by atoms with Crippen molar-refractivity contribution in [2.24, 2.45) is 0 Å². The second-order valence-corrected chi connectivity index (χ2v) is 12.1. The summed E-state index contributed by atoms with van der Waals surface area (Å²) in [5.41, 5.74) is 1.73. The smallest absolute Gasteiger partial charge is 0.264 e. The molecule has 0 saturated carbocycles. The number of hydrogen-bond donors (Lipinski definition) is 1. The van der Waals surface area contributed by atoms with Gasteiger partial charge in [-0.15, -0.1) is 0 Å². The molecule has 0 aliphatic rings. The minimum atomic E-state index is -4.12. The van der Waals surface area contributed by atoms with Gasteiger partial charge in [-0.05, 0) is 73.9 Å². The van der Waals surface area contributed by atoms with Gasteiger partial charge >= 0.3 is 0 Å². The van der Waals surface area contributed by atoms with E-state index in [4.69, 9.17) is 11.6 Å². The van der Waals surface area contributed by atoms with Crippen molar-refractivity contribution in [3.8, 4) is 0 Å². The highest BCUT2D eigenvalue weighted by Gasteiger charge is 2.33. The van der Waals surface area contributed by atoms with E-state index in [9.17, 15) is 18.0 Å². The van der Waals surface area contributed by atoms with Crippen molar-refractivity contribution in [3.05, 3.63) is 93.4 Å². The van der Waals surface area contributed by atoms with Crippen LogP contribution < -0.4 is 9.62 Å². The zero-order valence-corrected chi connectivity index (χ0v) is 24.7. The maximum atomic E-state index is 13.9. The number of sulfonamides is 1. The number of aryl methyl sites for hydroxylation is 1. The van der Waals surface area contributed by atoms with E-state index in [1.165, 1.54) is 17.0 Å². The Morgan fingerprint density at radius 2 is 1.68 bits per heavy atom. The molecule has 38 heavy (non-hydrogen) atoms. The maximum Gasteiger partial charge on any atom is 0.264 e. The maximum absolute atomic E-state index is 13.9. The molecule has 10 heteroatoms. The Kier molecular flexibility index (Phi) is 10.4.